The molecule has 2 aromatic carbocycles. The van der Waals surface area contributed by atoms with E-state index in [1.807, 2.05) is 0 Å². The molecule has 0 fully saturated rings. The molecule has 2 rings (SSSR count). The van der Waals surface area contributed by atoms with Gasteiger partial charge in [-0.3, -0.25) is 0 Å². The van der Waals surface area contributed by atoms with Gasteiger partial charge in [0.2, 0.25) is 0 Å². The van der Waals surface area contributed by atoms with Gasteiger partial charge in [-0.15, -0.1) is 6.58 Å². The van der Waals surface area contributed by atoms with Crippen LogP contribution in [-0.4, -0.2) is 0 Å². The molecule has 30 heavy (non-hydrogen) atoms. The Balaban J connectivity index is 1.97. The van der Waals surface area contributed by atoms with Crippen molar-refractivity contribution in [2.45, 2.75) is 80.1 Å². The van der Waals surface area contributed by atoms with Crippen molar-refractivity contribution in [2.24, 2.45) is 11.3 Å². The van der Waals surface area contributed by atoms with Crippen LogP contribution in [0.2, 0.25) is 0 Å². The molecular weight excluding hydrogens is 360 g/mol. The highest BCUT2D eigenvalue weighted by atomic mass is 14.2. The smallest absolute Gasteiger partial charge is 0.00669 e. The van der Waals surface area contributed by atoms with Crippen LogP contribution < -0.4 is 0 Å². The van der Waals surface area contributed by atoms with Crippen LogP contribution in [0.25, 0.3) is 0 Å². The molecule has 0 aliphatic heterocycles. The minimum Gasteiger partial charge on any atom is -0.100 e. The fourth-order valence-electron chi connectivity index (χ4n) is 4.22. The van der Waals surface area contributed by atoms with Crippen LogP contribution >= 0.6 is 0 Å². The van der Waals surface area contributed by atoms with Crippen LogP contribution in [0, 0.1) is 25.2 Å². The van der Waals surface area contributed by atoms with E-state index in [4.69, 9.17) is 0 Å². The summed E-state index contributed by atoms with van der Waals surface area (Å²) in [6.07, 6.45) is 6.65. The second kappa shape index (κ2) is 10.8. The van der Waals surface area contributed by atoms with E-state index >= 15 is 0 Å². The Morgan fingerprint density at radius 1 is 0.867 bits per heavy atom. The molecular formula is C30H42. The van der Waals surface area contributed by atoms with E-state index in [9.17, 15) is 0 Å². The van der Waals surface area contributed by atoms with Crippen LogP contribution in [0.15, 0.2) is 66.8 Å². The highest BCUT2D eigenvalue weighted by molar-refractivity contribution is 5.35. The summed E-state index contributed by atoms with van der Waals surface area (Å²) in [4.78, 5) is 0. The first-order chi connectivity index (χ1) is 14.0. The Morgan fingerprint density at radius 3 is 1.97 bits per heavy atom. The van der Waals surface area contributed by atoms with E-state index in [0.29, 0.717) is 11.3 Å². The lowest BCUT2D eigenvalue weighted by Gasteiger charge is -2.25. The predicted molar refractivity (Wildman–Crippen MR) is 134 cm³/mol. The number of aryl methyl sites for hydroxylation is 3. The molecule has 0 heteroatoms. The molecule has 0 bridgehead atoms. The van der Waals surface area contributed by atoms with Gasteiger partial charge < -0.3 is 0 Å². The highest BCUT2D eigenvalue weighted by Gasteiger charge is 2.18. The van der Waals surface area contributed by atoms with Crippen molar-refractivity contribution in [2.75, 3.05) is 0 Å². The van der Waals surface area contributed by atoms with Gasteiger partial charge in [0.1, 0.15) is 0 Å². The van der Waals surface area contributed by atoms with Crippen molar-refractivity contribution in [1.82, 2.24) is 0 Å². The van der Waals surface area contributed by atoms with Crippen molar-refractivity contribution >= 4 is 0 Å². The van der Waals surface area contributed by atoms with Gasteiger partial charge in [-0.05, 0) is 98.4 Å². The number of allylic oxidation sites excluding steroid dienone is 2. The van der Waals surface area contributed by atoms with Crippen molar-refractivity contribution in [3.63, 3.8) is 0 Å². The molecule has 0 spiro atoms. The highest BCUT2D eigenvalue weighted by Crippen LogP contribution is 2.31. The zero-order chi connectivity index (χ0) is 22.3. The van der Waals surface area contributed by atoms with Gasteiger partial charge in [0.05, 0.1) is 0 Å². The number of hydrogen-bond donors (Lipinski definition) is 0. The molecule has 162 valence electrons. The van der Waals surface area contributed by atoms with Gasteiger partial charge in [-0.25, -0.2) is 0 Å². The van der Waals surface area contributed by atoms with E-state index in [2.05, 4.69) is 97.2 Å². The Bertz CT molecular complexity index is 822. The minimum atomic E-state index is 0.366. The summed E-state index contributed by atoms with van der Waals surface area (Å²) in [5.41, 5.74) is 10.1. The molecule has 0 saturated carbocycles. The van der Waals surface area contributed by atoms with Gasteiger partial charge >= 0.3 is 0 Å². The summed E-state index contributed by atoms with van der Waals surface area (Å²) >= 11 is 0. The third-order valence-corrected chi connectivity index (χ3v) is 6.18. The second-order valence-electron chi connectivity index (χ2n) is 10.5. The standard InChI is InChI=1S/C30H42/c1-22(2)20-28(18-19-30(6,7)8)25(5)21-27-14-12-26(13-15-27)16-17-29-23(3)10-9-11-24(29)4/h9-15,28H,1,5,16-21H2,2-4,6-8H3. The van der Waals surface area contributed by atoms with Crippen molar-refractivity contribution in [1.29, 1.82) is 0 Å². The van der Waals surface area contributed by atoms with Crippen LogP contribution in [0.4, 0.5) is 0 Å². The van der Waals surface area contributed by atoms with Crippen LogP contribution in [0.5, 0.6) is 0 Å². The topological polar surface area (TPSA) is 0 Å². The maximum absolute atomic E-state index is 4.48. The molecule has 0 aliphatic carbocycles. The maximum Gasteiger partial charge on any atom is -0.00669 e. The molecule has 0 nitrogen and oxygen atoms in total. The summed E-state index contributed by atoms with van der Waals surface area (Å²) in [5.74, 6) is 0.533. The summed E-state index contributed by atoms with van der Waals surface area (Å²) in [6, 6.07) is 15.8. The summed E-state index contributed by atoms with van der Waals surface area (Å²) < 4.78 is 0. The minimum absolute atomic E-state index is 0.366. The largest absolute Gasteiger partial charge is 0.100 e. The first kappa shape index (κ1) is 24.2. The molecule has 0 radical (unpaired) electrons. The zero-order valence-corrected chi connectivity index (χ0v) is 20.3. The molecule has 0 N–H and O–H groups in total. The third-order valence-electron chi connectivity index (χ3n) is 6.18. The van der Waals surface area contributed by atoms with Crippen LogP contribution in [-0.2, 0) is 19.3 Å². The summed E-state index contributed by atoms with van der Waals surface area (Å²) in [6.45, 7) is 22.2. The summed E-state index contributed by atoms with van der Waals surface area (Å²) in [7, 11) is 0. The lowest BCUT2D eigenvalue weighted by molar-refractivity contribution is 0.334. The van der Waals surface area contributed by atoms with Crippen molar-refractivity contribution in [3.8, 4) is 0 Å². The Morgan fingerprint density at radius 2 is 1.43 bits per heavy atom. The molecule has 0 heterocycles. The average Bonchev–Trinajstić information content (AvgIpc) is 2.65. The van der Waals surface area contributed by atoms with Gasteiger partial charge in [0.25, 0.3) is 0 Å². The monoisotopic (exact) mass is 402 g/mol. The fraction of sp³-hybridized carbons (Fsp3) is 0.467. The Labute approximate surface area is 186 Å². The Kier molecular flexibility index (Phi) is 8.71. The molecule has 0 saturated heterocycles. The Hall–Kier alpha value is -2.08. The molecule has 1 atom stereocenters. The van der Waals surface area contributed by atoms with E-state index in [-0.39, 0.29) is 0 Å². The molecule has 1 unspecified atom stereocenters. The fourth-order valence-corrected chi connectivity index (χ4v) is 4.22. The molecule has 2 aromatic rings. The maximum atomic E-state index is 4.48. The van der Waals surface area contributed by atoms with Gasteiger partial charge in [-0.2, -0.15) is 0 Å². The third kappa shape index (κ3) is 7.98. The number of rotatable bonds is 10. The second-order valence-corrected chi connectivity index (χ2v) is 10.5. The lowest BCUT2D eigenvalue weighted by Crippen LogP contribution is -2.12. The van der Waals surface area contributed by atoms with Gasteiger partial charge in [0, 0.05) is 0 Å². The van der Waals surface area contributed by atoms with E-state index in [1.165, 1.54) is 51.8 Å². The van der Waals surface area contributed by atoms with E-state index < -0.39 is 0 Å². The SMILES string of the molecule is C=C(C)CC(CCC(C)(C)C)C(=C)Cc1ccc(CCc2c(C)cccc2C)cc1. The summed E-state index contributed by atoms with van der Waals surface area (Å²) in [5, 5.41) is 0. The first-order valence-corrected chi connectivity index (χ1v) is 11.5. The molecule has 0 amide bonds. The van der Waals surface area contributed by atoms with Crippen molar-refractivity contribution in [3.05, 3.63) is 94.6 Å². The predicted octanol–water partition coefficient (Wildman–Crippen LogP) is 8.60. The number of hydrogen-bond acceptors (Lipinski definition) is 0. The van der Waals surface area contributed by atoms with E-state index in [1.54, 1.807) is 0 Å². The van der Waals surface area contributed by atoms with Gasteiger partial charge in [0.15, 0.2) is 0 Å². The van der Waals surface area contributed by atoms with Crippen molar-refractivity contribution < 1.29 is 0 Å². The first-order valence-electron chi connectivity index (χ1n) is 11.5. The lowest BCUT2D eigenvalue weighted by atomic mass is 9.80. The molecule has 0 aromatic heterocycles. The normalized spacial score (nSPS) is 12.6. The average molecular weight is 403 g/mol. The van der Waals surface area contributed by atoms with E-state index in [0.717, 1.165) is 25.7 Å². The quantitative estimate of drug-likeness (QED) is 0.349. The number of benzene rings is 2. The molecule has 0 aliphatic rings. The zero-order valence-electron chi connectivity index (χ0n) is 20.3. The van der Waals surface area contributed by atoms with Crippen LogP contribution in [0.1, 0.15) is 74.8 Å². The van der Waals surface area contributed by atoms with Gasteiger partial charge in [-0.1, -0.05) is 81.0 Å². The van der Waals surface area contributed by atoms with Crippen LogP contribution in [0.3, 0.4) is 0 Å².